The lowest BCUT2D eigenvalue weighted by Gasteiger charge is -2.22. The standard InChI is InChI=1S/C17H14F3NO4S/c1-25-16(22)12-6-7-14-11(10-12)8-9-21(14)26(23,24)15-5-3-2-4-13(15)17(18,19)20/h2-7,10H,8-9H2,1H3. The second-order valence-corrected chi connectivity index (χ2v) is 7.49. The molecule has 1 heterocycles. The van der Waals surface area contributed by atoms with Crippen LogP contribution in [-0.4, -0.2) is 28.0 Å². The fraction of sp³-hybridized carbons (Fsp3) is 0.235. The number of alkyl halides is 3. The Kier molecular flexibility index (Phi) is 4.43. The van der Waals surface area contributed by atoms with E-state index < -0.39 is 32.6 Å². The van der Waals surface area contributed by atoms with E-state index in [1.165, 1.54) is 31.4 Å². The number of benzene rings is 2. The molecule has 0 amide bonds. The first-order valence-electron chi connectivity index (χ1n) is 7.56. The van der Waals surface area contributed by atoms with E-state index in [1.807, 2.05) is 0 Å². The number of nitrogens with zero attached hydrogens (tertiary/aromatic N) is 1. The summed E-state index contributed by atoms with van der Waals surface area (Å²) in [5.41, 5.74) is -0.142. The molecule has 138 valence electrons. The third kappa shape index (κ3) is 3.03. The molecule has 0 fully saturated rings. The van der Waals surface area contributed by atoms with Gasteiger partial charge in [0.1, 0.15) is 0 Å². The van der Waals surface area contributed by atoms with Gasteiger partial charge in [0.05, 0.1) is 28.8 Å². The van der Waals surface area contributed by atoms with Crippen molar-refractivity contribution in [2.75, 3.05) is 18.0 Å². The van der Waals surface area contributed by atoms with Crippen LogP contribution in [0, 0.1) is 0 Å². The number of halogens is 3. The molecule has 0 unspecified atom stereocenters. The zero-order valence-electron chi connectivity index (χ0n) is 13.6. The quantitative estimate of drug-likeness (QED) is 0.761. The lowest BCUT2D eigenvalue weighted by molar-refractivity contribution is -0.139. The predicted molar refractivity (Wildman–Crippen MR) is 87.5 cm³/mol. The van der Waals surface area contributed by atoms with Crippen LogP contribution in [-0.2, 0) is 27.4 Å². The van der Waals surface area contributed by atoms with Crippen molar-refractivity contribution < 1.29 is 31.1 Å². The van der Waals surface area contributed by atoms with Gasteiger partial charge >= 0.3 is 12.1 Å². The molecule has 0 aromatic heterocycles. The Hall–Kier alpha value is -2.55. The molecule has 1 aliphatic rings. The Bertz CT molecular complexity index is 970. The van der Waals surface area contributed by atoms with E-state index in [1.54, 1.807) is 0 Å². The molecule has 9 heteroatoms. The highest BCUT2D eigenvalue weighted by molar-refractivity contribution is 7.93. The van der Waals surface area contributed by atoms with E-state index in [4.69, 9.17) is 0 Å². The van der Waals surface area contributed by atoms with Crippen LogP contribution in [0.1, 0.15) is 21.5 Å². The highest BCUT2D eigenvalue weighted by atomic mass is 32.2. The summed E-state index contributed by atoms with van der Waals surface area (Å²) in [4.78, 5) is 10.8. The van der Waals surface area contributed by atoms with Crippen LogP contribution >= 0.6 is 0 Å². The summed E-state index contributed by atoms with van der Waals surface area (Å²) in [6.07, 6.45) is -4.51. The van der Waals surface area contributed by atoms with Gasteiger partial charge in [-0.2, -0.15) is 13.2 Å². The van der Waals surface area contributed by atoms with Crippen LogP contribution < -0.4 is 4.31 Å². The largest absolute Gasteiger partial charge is 0.465 e. The molecular formula is C17H14F3NO4S. The number of ether oxygens (including phenoxy) is 1. The van der Waals surface area contributed by atoms with Crippen molar-refractivity contribution in [2.45, 2.75) is 17.5 Å². The zero-order chi connectivity index (χ0) is 19.1. The summed E-state index contributed by atoms with van der Waals surface area (Å²) in [6, 6.07) is 8.36. The topological polar surface area (TPSA) is 63.7 Å². The zero-order valence-corrected chi connectivity index (χ0v) is 14.4. The van der Waals surface area contributed by atoms with Crippen LogP contribution in [0.25, 0.3) is 0 Å². The van der Waals surface area contributed by atoms with Gasteiger partial charge in [-0.1, -0.05) is 12.1 Å². The second kappa shape index (κ2) is 6.31. The van der Waals surface area contributed by atoms with Crippen LogP contribution in [0.5, 0.6) is 0 Å². The van der Waals surface area contributed by atoms with E-state index >= 15 is 0 Å². The van der Waals surface area contributed by atoms with Gasteiger partial charge in [-0.3, -0.25) is 4.31 Å². The lowest BCUT2D eigenvalue weighted by Crippen LogP contribution is -2.31. The molecule has 5 nitrogen and oxygen atoms in total. The number of carbonyl (C=O) groups is 1. The number of esters is 1. The minimum Gasteiger partial charge on any atom is -0.465 e. The summed E-state index contributed by atoms with van der Waals surface area (Å²) < 4.78 is 70.9. The number of hydrogen-bond acceptors (Lipinski definition) is 4. The van der Waals surface area contributed by atoms with Gasteiger partial charge < -0.3 is 4.74 Å². The highest BCUT2D eigenvalue weighted by Crippen LogP contribution is 2.39. The van der Waals surface area contributed by atoms with Crippen molar-refractivity contribution in [1.82, 2.24) is 0 Å². The molecule has 3 rings (SSSR count). The lowest BCUT2D eigenvalue weighted by atomic mass is 10.1. The van der Waals surface area contributed by atoms with Crippen LogP contribution in [0.2, 0.25) is 0 Å². The molecule has 0 saturated heterocycles. The fourth-order valence-electron chi connectivity index (χ4n) is 2.91. The van der Waals surface area contributed by atoms with E-state index in [-0.39, 0.29) is 24.2 Å². The van der Waals surface area contributed by atoms with E-state index in [0.717, 1.165) is 22.5 Å². The number of fused-ring (bicyclic) bond motifs is 1. The van der Waals surface area contributed by atoms with Gasteiger partial charge in [0.2, 0.25) is 0 Å². The number of sulfonamides is 1. The Labute approximate surface area is 148 Å². The number of anilines is 1. The Balaban J connectivity index is 2.07. The molecule has 1 aliphatic heterocycles. The average Bonchev–Trinajstić information content (AvgIpc) is 3.04. The highest BCUT2D eigenvalue weighted by Gasteiger charge is 2.40. The van der Waals surface area contributed by atoms with Crippen molar-refractivity contribution in [3.63, 3.8) is 0 Å². The van der Waals surface area contributed by atoms with Gasteiger partial charge in [-0.15, -0.1) is 0 Å². The van der Waals surface area contributed by atoms with Gasteiger partial charge in [0.25, 0.3) is 10.0 Å². The normalized spacial score (nSPS) is 14.2. The number of carbonyl (C=O) groups excluding carboxylic acids is 1. The molecule has 0 spiro atoms. The fourth-order valence-corrected chi connectivity index (χ4v) is 4.63. The van der Waals surface area contributed by atoms with Crippen molar-refractivity contribution in [1.29, 1.82) is 0 Å². The van der Waals surface area contributed by atoms with Gasteiger partial charge in [0.15, 0.2) is 0 Å². The first-order valence-corrected chi connectivity index (χ1v) is 9.00. The van der Waals surface area contributed by atoms with Gasteiger partial charge in [-0.05, 0) is 42.3 Å². The minimum atomic E-state index is -4.79. The maximum Gasteiger partial charge on any atom is 0.417 e. The molecule has 0 N–H and O–H groups in total. The molecule has 0 saturated carbocycles. The summed E-state index contributed by atoms with van der Waals surface area (Å²) >= 11 is 0. The molecule has 2 aromatic rings. The second-order valence-electron chi connectivity index (χ2n) is 5.66. The van der Waals surface area contributed by atoms with Crippen molar-refractivity contribution in [3.05, 3.63) is 59.2 Å². The third-order valence-corrected chi connectivity index (χ3v) is 5.99. The summed E-state index contributed by atoms with van der Waals surface area (Å²) in [5, 5.41) is 0. The number of methoxy groups -OCH3 is 1. The summed E-state index contributed by atoms with van der Waals surface area (Å²) in [5.74, 6) is -0.573. The van der Waals surface area contributed by atoms with Gasteiger partial charge in [0, 0.05) is 6.54 Å². The first kappa shape index (κ1) is 18.2. The van der Waals surface area contributed by atoms with Crippen LogP contribution in [0.4, 0.5) is 18.9 Å². The Morgan fingerprint density at radius 2 is 1.85 bits per heavy atom. The molecule has 0 aliphatic carbocycles. The minimum absolute atomic E-state index is 0.00547. The Morgan fingerprint density at radius 1 is 1.15 bits per heavy atom. The van der Waals surface area contributed by atoms with E-state index in [9.17, 15) is 26.4 Å². The van der Waals surface area contributed by atoms with Crippen molar-refractivity contribution in [3.8, 4) is 0 Å². The molecule has 26 heavy (non-hydrogen) atoms. The molecule has 2 aromatic carbocycles. The third-order valence-electron chi connectivity index (χ3n) is 4.11. The van der Waals surface area contributed by atoms with Crippen LogP contribution in [0.15, 0.2) is 47.4 Å². The maximum absolute atomic E-state index is 13.2. The average molecular weight is 385 g/mol. The van der Waals surface area contributed by atoms with Crippen molar-refractivity contribution >= 4 is 21.7 Å². The monoisotopic (exact) mass is 385 g/mol. The van der Waals surface area contributed by atoms with Crippen molar-refractivity contribution in [2.24, 2.45) is 0 Å². The molecule has 0 atom stereocenters. The predicted octanol–water partition coefficient (Wildman–Crippen LogP) is 3.24. The smallest absolute Gasteiger partial charge is 0.417 e. The number of rotatable bonds is 3. The molecule has 0 radical (unpaired) electrons. The SMILES string of the molecule is COC(=O)c1ccc2c(c1)CCN2S(=O)(=O)c1ccccc1C(F)(F)F. The molecule has 0 bridgehead atoms. The number of hydrogen-bond donors (Lipinski definition) is 0. The van der Waals surface area contributed by atoms with E-state index in [2.05, 4.69) is 4.74 Å². The van der Waals surface area contributed by atoms with Gasteiger partial charge in [-0.25, -0.2) is 13.2 Å². The summed E-state index contributed by atoms with van der Waals surface area (Å²) in [7, 11) is -3.18. The van der Waals surface area contributed by atoms with Crippen LogP contribution in [0.3, 0.4) is 0 Å². The molecular weight excluding hydrogens is 371 g/mol. The van der Waals surface area contributed by atoms with E-state index in [0.29, 0.717) is 5.56 Å². The maximum atomic E-state index is 13.2. The first-order chi connectivity index (χ1) is 12.2. The Morgan fingerprint density at radius 3 is 2.50 bits per heavy atom. The summed E-state index contributed by atoms with van der Waals surface area (Å²) in [6.45, 7) is -0.00547.